The van der Waals surface area contributed by atoms with E-state index >= 15 is 0 Å². The van der Waals surface area contributed by atoms with E-state index in [-0.39, 0.29) is 18.6 Å². The predicted octanol–water partition coefficient (Wildman–Crippen LogP) is 4.27. The maximum atomic E-state index is 11.2. The number of piperazine rings is 1. The Kier molecular flexibility index (Phi) is 7.01. The summed E-state index contributed by atoms with van der Waals surface area (Å²) >= 11 is 0. The molecule has 4 rings (SSSR count). The van der Waals surface area contributed by atoms with Crippen LogP contribution in [0.5, 0.6) is 0 Å². The number of nitrogens with zero attached hydrogens (tertiary/aromatic N) is 2. The topological polar surface area (TPSA) is 43.8 Å². The van der Waals surface area contributed by atoms with E-state index in [1.807, 2.05) is 41.3 Å². The fourth-order valence-corrected chi connectivity index (χ4v) is 4.33. The van der Waals surface area contributed by atoms with Crippen LogP contribution in [0.4, 0.5) is 0 Å². The van der Waals surface area contributed by atoms with Crippen LogP contribution >= 0.6 is 0 Å². The maximum absolute atomic E-state index is 11.2. The molecule has 1 aliphatic rings. The van der Waals surface area contributed by atoms with Crippen LogP contribution in [0.3, 0.4) is 0 Å². The van der Waals surface area contributed by atoms with Gasteiger partial charge in [-0.1, -0.05) is 72.5 Å². The van der Waals surface area contributed by atoms with E-state index in [9.17, 15) is 9.90 Å². The molecule has 1 N–H and O–H groups in total. The maximum Gasteiger partial charge on any atom is 0.317 e. The second kappa shape index (κ2) is 10.3. The van der Waals surface area contributed by atoms with Gasteiger partial charge in [-0.2, -0.15) is 0 Å². The van der Waals surface area contributed by atoms with Crippen LogP contribution in [0.25, 0.3) is 0 Å². The lowest BCUT2D eigenvalue weighted by molar-refractivity contribution is -0.139. The number of carboxylic acids is 1. The summed E-state index contributed by atoms with van der Waals surface area (Å²) in [5.74, 6) is 5.70. The molecule has 0 amide bonds. The Morgan fingerprint density at radius 2 is 1.44 bits per heavy atom. The molecule has 1 saturated heterocycles. The van der Waals surface area contributed by atoms with Crippen molar-refractivity contribution in [3.05, 3.63) is 107 Å². The molecule has 2 atom stereocenters. The number of aliphatic carboxylic acids is 1. The van der Waals surface area contributed by atoms with Gasteiger partial charge in [-0.05, 0) is 42.3 Å². The van der Waals surface area contributed by atoms with E-state index in [0.29, 0.717) is 0 Å². The van der Waals surface area contributed by atoms with Gasteiger partial charge in [0.15, 0.2) is 0 Å². The first kappa shape index (κ1) is 21.8. The van der Waals surface area contributed by atoms with Crippen LogP contribution in [0.1, 0.15) is 35.2 Å². The number of rotatable bonds is 5. The molecule has 1 unspecified atom stereocenters. The zero-order chi connectivity index (χ0) is 22.3. The van der Waals surface area contributed by atoms with Gasteiger partial charge in [0.1, 0.15) is 0 Å². The molecule has 0 aromatic heterocycles. The average Bonchev–Trinajstić information content (AvgIpc) is 2.82. The van der Waals surface area contributed by atoms with E-state index < -0.39 is 5.97 Å². The van der Waals surface area contributed by atoms with Crippen LogP contribution in [0.15, 0.2) is 84.9 Å². The Hall–Kier alpha value is -3.39. The van der Waals surface area contributed by atoms with Crippen LogP contribution in [0.2, 0.25) is 0 Å². The second-order valence-corrected chi connectivity index (χ2v) is 8.26. The molecule has 3 aromatic carbocycles. The Bertz CT molecular complexity index is 1090. The summed E-state index contributed by atoms with van der Waals surface area (Å²) in [5.41, 5.74) is 4.46. The summed E-state index contributed by atoms with van der Waals surface area (Å²) < 4.78 is 0. The monoisotopic (exact) mass is 424 g/mol. The van der Waals surface area contributed by atoms with Gasteiger partial charge in [0.05, 0.1) is 12.6 Å². The lowest BCUT2D eigenvalue weighted by Crippen LogP contribution is -2.54. The minimum Gasteiger partial charge on any atom is -0.480 e. The summed E-state index contributed by atoms with van der Waals surface area (Å²) in [5, 5.41) is 9.19. The van der Waals surface area contributed by atoms with Gasteiger partial charge >= 0.3 is 5.97 Å². The molecule has 3 aromatic rings. The van der Waals surface area contributed by atoms with Crippen molar-refractivity contribution < 1.29 is 9.90 Å². The first-order valence-corrected chi connectivity index (χ1v) is 11.0. The average molecular weight is 425 g/mol. The summed E-state index contributed by atoms with van der Waals surface area (Å²) in [7, 11) is 0. The second-order valence-electron chi connectivity index (χ2n) is 8.26. The van der Waals surface area contributed by atoms with Crippen molar-refractivity contribution in [2.24, 2.45) is 0 Å². The minimum atomic E-state index is -0.767. The standard InChI is InChI=1S/C28H28N2O2/c1-22-20-30(19-18-29(22)21-27(31)32)28(25-10-6-3-7-11-25)26-16-14-24(15-17-26)13-12-23-8-4-2-5-9-23/h2-11,14-17,22,28H,18-21H2,1H3,(H,31,32)/t22-,28?/m1/s1. The highest BCUT2D eigenvalue weighted by Gasteiger charge is 2.30. The largest absolute Gasteiger partial charge is 0.480 e. The van der Waals surface area contributed by atoms with Crippen molar-refractivity contribution in [3.63, 3.8) is 0 Å². The van der Waals surface area contributed by atoms with Crippen molar-refractivity contribution in [3.8, 4) is 11.8 Å². The highest BCUT2D eigenvalue weighted by molar-refractivity contribution is 5.69. The van der Waals surface area contributed by atoms with E-state index in [4.69, 9.17) is 0 Å². The molecule has 0 bridgehead atoms. The quantitative estimate of drug-likeness (QED) is 0.622. The number of hydrogen-bond donors (Lipinski definition) is 1. The fraction of sp³-hybridized carbons (Fsp3) is 0.250. The highest BCUT2D eigenvalue weighted by Crippen LogP contribution is 2.30. The predicted molar refractivity (Wildman–Crippen MR) is 127 cm³/mol. The zero-order valence-corrected chi connectivity index (χ0v) is 18.3. The number of benzene rings is 3. The normalized spacial score (nSPS) is 17.8. The summed E-state index contributed by atoms with van der Waals surface area (Å²) in [6, 6.07) is 29.4. The van der Waals surface area contributed by atoms with Crippen molar-refractivity contribution in [1.82, 2.24) is 9.80 Å². The van der Waals surface area contributed by atoms with Crippen molar-refractivity contribution in [1.29, 1.82) is 0 Å². The van der Waals surface area contributed by atoms with Crippen LogP contribution in [-0.2, 0) is 4.79 Å². The molecule has 0 spiro atoms. The SMILES string of the molecule is C[C@@H]1CN(C(c2ccccc2)c2ccc(C#Cc3ccccc3)cc2)CCN1CC(=O)O. The Balaban J connectivity index is 1.57. The molecule has 4 heteroatoms. The van der Waals surface area contributed by atoms with Gasteiger partial charge in [0.25, 0.3) is 0 Å². The summed E-state index contributed by atoms with van der Waals surface area (Å²) in [4.78, 5) is 15.7. The molecule has 1 aliphatic heterocycles. The first-order chi connectivity index (χ1) is 15.6. The van der Waals surface area contributed by atoms with Gasteiger partial charge in [-0.3, -0.25) is 14.6 Å². The van der Waals surface area contributed by atoms with Crippen molar-refractivity contribution in [2.75, 3.05) is 26.2 Å². The molecule has 162 valence electrons. The van der Waals surface area contributed by atoms with Crippen molar-refractivity contribution >= 4 is 5.97 Å². The Morgan fingerprint density at radius 1 is 0.875 bits per heavy atom. The van der Waals surface area contributed by atoms with Crippen LogP contribution < -0.4 is 0 Å². The van der Waals surface area contributed by atoms with E-state index in [1.54, 1.807) is 0 Å². The lowest BCUT2D eigenvalue weighted by Gasteiger charge is -2.43. The number of hydrogen-bond acceptors (Lipinski definition) is 3. The van der Waals surface area contributed by atoms with Gasteiger partial charge in [0.2, 0.25) is 0 Å². The molecule has 0 aliphatic carbocycles. The number of carboxylic acid groups (broad SMARTS) is 1. The Labute approximate surface area is 190 Å². The van der Waals surface area contributed by atoms with Crippen LogP contribution in [-0.4, -0.2) is 53.1 Å². The number of carbonyl (C=O) groups is 1. The van der Waals surface area contributed by atoms with Gasteiger partial charge in [-0.25, -0.2) is 0 Å². The van der Waals surface area contributed by atoms with E-state index in [2.05, 4.69) is 72.2 Å². The molecule has 4 nitrogen and oxygen atoms in total. The molecule has 1 fully saturated rings. The lowest BCUT2D eigenvalue weighted by atomic mass is 9.95. The molecule has 32 heavy (non-hydrogen) atoms. The van der Waals surface area contributed by atoms with E-state index in [0.717, 1.165) is 30.8 Å². The highest BCUT2D eigenvalue weighted by atomic mass is 16.4. The summed E-state index contributed by atoms with van der Waals surface area (Å²) in [6.07, 6.45) is 0. The summed E-state index contributed by atoms with van der Waals surface area (Å²) in [6.45, 7) is 4.60. The van der Waals surface area contributed by atoms with E-state index in [1.165, 1.54) is 11.1 Å². The molecule has 1 heterocycles. The first-order valence-electron chi connectivity index (χ1n) is 11.0. The fourth-order valence-electron chi connectivity index (χ4n) is 4.33. The Morgan fingerprint density at radius 3 is 2.03 bits per heavy atom. The van der Waals surface area contributed by atoms with Crippen molar-refractivity contribution in [2.45, 2.75) is 19.0 Å². The molecule has 0 saturated carbocycles. The van der Waals surface area contributed by atoms with Gasteiger partial charge in [0, 0.05) is 36.8 Å². The smallest absolute Gasteiger partial charge is 0.317 e. The third-order valence-corrected chi connectivity index (χ3v) is 5.97. The van der Waals surface area contributed by atoms with Gasteiger partial charge in [-0.15, -0.1) is 0 Å². The molecular formula is C28H28N2O2. The zero-order valence-electron chi connectivity index (χ0n) is 18.3. The van der Waals surface area contributed by atoms with Gasteiger partial charge < -0.3 is 5.11 Å². The van der Waals surface area contributed by atoms with Crippen LogP contribution in [0, 0.1) is 11.8 Å². The third-order valence-electron chi connectivity index (χ3n) is 5.97. The molecule has 0 radical (unpaired) electrons. The third kappa shape index (κ3) is 5.45. The minimum absolute atomic E-state index is 0.0970. The molecular weight excluding hydrogens is 396 g/mol.